The van der Waals surface area contributed by atoms with Crippen LogP contribution in [0.15, 0.2) is 23.1 Å². The van der Waals surface area contributed by atoms with Gasteiger partial charge in [0.05, 0.1) is 22.5 Å². The fourth-order valence-electron chi connectivity index (χ4n) is 4.96. The molecule has 1 aromatic heterocycles. The number of aromatic nitrogens is 2. The molecule has 0 atom stereocenters. The normalized spacial score (nSPS) is 21.3. The molecule has 2 saturated heterocycles. The molecule has 1 aliphatic carbocycles. The van der Waals surface area contributed by atoms with Gasteiger partial charge < -0.3 is 9.47 Å². The summed E-state index contributed by atoms with van der Waals surface area (Å²) in [7, 11) is -3.47. The van der Waals surface area contributed by atoms with E-state index >= 15 is 0 Å². The van der Waals surface area contributed by atoms with Gasteiger partial charge in [0.25, 0.3) is 0 Å². The molecule has 3 heterocycles. The maximum absolute atomic E-state index is 13.1. The van der Waals surface area contributed by atoms with Gasteiger partial charge in [-0.3, -0.25) is 9.69 Å². The van der Waals surface area contributed by atoms with Crippen LogP contribution in [0.1, 0.15) is 44.9 Å². The highest BCUT2D eigenvalue weighted by Crippen LogP contribution is 2.31. The van der Waals surface area contributed by atoms with E-state index in [1.807, 2.05) is 11.0 Å². The summed E-state index contributed by atoms with van der Waals surface area (Å²) in [6.07, 6.45) is 5.05. The Morgan fingerprint density at radius 1 is 1.03 bits per heavy atom. The minimum atomic E-state index is -3.47. The first-order valence-corrected chi connectivity index (χ1v) is 13.4. The van der Waals surface area contributed by atoms with E-state index in [0.717, 1.165) is 81.7 Å². The number of rotatable bonds is 6. The van der Waals surface area contributed by atoms with E-state index in [1.165, 1.54) is 0 Å². The summed E-state index contributed by atoms with van der Waals surface area (Å²) in [5.74, 6) is 1.56. The Morgan fingerprint density at radius 3 is 2.41 bits per heavy atom. The van der Waals surface area contributed by atoms with Crippen LogP contribution in [0.25, 0.3) is 11.0 Å². The van der Waals surface area contributed by atoms with E-state index in [4.69, 9.17) is 4.98 Å². The van der Waals surface area contributed by atoms with Gasteiger partial charge in [-0.05, 0) is 50.8 Å². The number of imidazole rings is 1. The minimum Gasteiger partial charge on any atom is -0.340 e. The monoisotopic (exact) mass is 459 g/mol. The Labute approximate surface area is 190 Å². The molecular weight excluding hydrogens is 426 g/mol. The van der Waals surface area contributed by atoms with Crippen molar-refractivity contribution >= 4 is 27.0 Å². The third-order valence-corrected chi connectivity index (χ3v) is 8.94. The van der Waals surface area contributed by atoms with Gasteiger partial charge >= 0.3 is 0 Å². The third kappa shape index (κ3) is 4.18. The number of amides is 1. The number of piperidine rings is 1. The predicted molar refractivity (Wildman–Crippen MR) is 123 cm³/mol. The smallest absolute Gasteiger partial charge is 0.243 e. The maximum Gasteiger partial charge on any atom is 0.243 e. The van der Waals surface area contributed by atoms with Gasteiger partial charge in [0.15, 0.2) is 0 Å². The Hall–Kier alpha value is -1.97. The van der Waals surface area contributed by atoms with Crippen molar-refractivity contribution in [2.45, 2.75) is 57.0 Å². The van der Waals surface area contributed by atoms with Crippen LogP contribution in [0.2, 0.25) is 0 Å². The molecular formula is C23H33N5O3S. The summed E-state index contributed by atoms with van der Waals surface area (Å²) in [6.45, 7) is 8.04. The van der Waals surface area contributed by atoms with E-state index in [9.17, 15) is 13.2 Å². The second-order valence-corrected chi connectivity index (χ2v) is 11.2. The zero-order valence-corrected chi connectivity index (χ0v) is 19.7. The number of piperazine rings is 1. The molecule has 3 aliphatic rings. The second-order valence-electron chi connectivity index (χ2n) is 9.26. The summed E-state index contributed by atoms with van der Waals surface area (Å²) in [5.41, 5.74) is 1.71. The van der Waals surface area contributed by atoms with Crippen molar-refractivity contribution in [2.75, 3.05) is 39.3 Å². The number of carbonyl (C=O) groups is 1. The SMILES string of the molecule is CCn1c(CN2CCN(C(=O)C3CC3)CC2)nc2cc(S(=O)(=O)N3CCCCC3)ccc21. The lowest BCUT2D eigenvalue weighted by atomic mass is 10.2. The predicted octanol–water partition coefficient (Wildman–Crippen LogP) is 2.29. The first-order chi connectivity index (χ1) is 15.5. The van der Waals surface area contributed by atoms with Gasteiger partial charge in [-0.15, -0.1) is 0 Å². The van der Waals surface area contributed by atoms with E-state index in [1.54, 1.807) is 16.4 Å². The second kappa shape index (κ2) is 8.76. The highest BCUT2D eigenvalue weighted by Gasteiger charge is 2.34. The molecule has 32 heavy (non-hydrogen) atoms. The molecule has 2 aliphatic heterocycles. The summed E-state index contributed by atoms with van der Waals surface area (Å²) < 4.78 is 30.0. The Morgan fingerprint density at radius 2 is 1.75 bits per heavy atom. The Balaban J connectivity index is 1.33. The molecule has 1 aromatic carbocycles. The van der Waals surface area contributed by atoms with E-state index in [2.05, 4.69) is 16.4 Å². The molecule has 1 amide bonds. The van der Waals surface area contributed by atoms with E-state index in [-0.39, 0.29) is 5.92 Å². The lowest BCUT2D eigenvalue weighted by molar-refractivity contribution is -0.134. The van der Waals surface area contributed by atoms with Gasteiger partial charge in [0.2, 0.25) is 15.9 Å². The quantitative estimate of drug-likeness (QED) is 0.662. The number of hydrogen-bond donors (Lipinski definition) is 0. The van der Waals surface area contributed by atoms with Crippen molar-refractivity contribution in [2.24, 2.45) is 5.92 Å². The van der Waals surface area contributed by atoms with Crippen LogP contribution in [0, 0.1) is 5.92 Å². The van der Waals surface area contributed by atoms with Crippen molar-refractivity contribution in [3.63, 3.8) is 0 Å². The standard InChI is InChI=1S/C23H33N5O3S/c1-2-28-21-9-8-19(32(30,31)27-10-4-3-5-11-27)16-20(21)24-22(28)17-25-12-14-26(15-13-25)23(29)18-6-7-18/h8-9,16,18H,2-7,10-15,17H2,1H3. The van der Waals surface area contributed by atoms with Gasteiger partial charge in [-0.25, -0.2) is 13.4 Å². The first kappa shape index (κ1) is 21.9. The Bertz CT molecular complexity index is 1090. The van der Waals surface area contributed by atoms with Crippen molar-refractivity contribution in [1.29, 1.82) is 0 Å². The van der Waals surface area contributed by atoms with Crippen LogP contribution in [-0.4, -0.2) is 77.2 Å². The summed E-state index contributed by atoms with van der Waals surface area (Å²) in [6, 6.07) is 5.37. The molecule has 5 rings (SSSR count). The van der Waals surface area contributed by atoms with Gasteiger partial charge in [0.1, 0.15) is 5.82 Å². The van der Waals surface area contributed by atoms with Gasteiger partial charge in [-0.1, -0.05) is 6.42 Å². The van der Waals surface area contributed by atoms with Crippen LogP contribution in [0.4, 0.5) is 0 Å². The zero-order valence-electron chi connectivity index (χ0n) is 18.9. The van der Waals surface area contributed by atoms with Gasteiger partial charge in [0, 0.05) is 51.7 Å². The molecule has 1 saturated carbocycles. The topological polar surface area (TPSA) is 78.8 Å². The third-order valence-electron chi connectivity index (χ3n) is 7.04. The highest BCUT2D eigenvalue weighted by molar-refractivity contribution is 7.89. The molecule has 0 bridgehead atoms. The number of fused-ring (bicyclic) bond motifs is 1. The molecule has 0 radical (unpaired) electrons. The van der Waals surface area contributed by atoms with Crippen LogP contribution in [0.3, 0.4) is 0 Å². The van der Waals surface area contributed by atoms with Crippen LogP contribution in [0.5, 0.6) is 0 Å². The summed E-state index contributed by atoms with van der Waals surface area (Å²) in [5, 5.41) is 0. The molecule has 0 spiro atoms. The number of sulfonamides is 1. The molecule has 174 valence electrons. The molecule has 2 aromatic rings. The van der Waals surface area contributed by atoms with Crippen LogP contribution in [-0.2, 0) is 27.9 Å². The number of benzene rings is 1. The lowest BCUT2D eigenvalue weighted by Gasteiger charge is -2.34. The summed E-state index contributed by atoms with van der Waals surface area (Å²) >= 11 is 0. The van der Waals surface area contributed by atoms with Crippen molar-refractivity contribution < 1.29 is 13.2 Å². The molecule has 3 fully saturated rings. The van der Waals surface area contributed by atoms with Crippen molar-refractivity contribution in [3.8, 4) is 0 Å². The fraction of sp³-hybridized carbons (Fsp3) is 0.652. The number of hydrogen-bond acceptors (Lipinski definition) is 5. The number of nitrogens with zero attached hydrogens (tertiary/aromatic N) is 5. The highest BCUT2D eigenvalue weighted by atomic mass is 32.2. The van der Waals surface area contributed by atoms with E-state index in [0.29, 0.717) is 30.4 Å². The molecule has 0 N–H and O–H groups in total. The average molecular weight is 460 g/mol. The van der Waals surface area contributed by atoms with Crippen molar-refractivity contribution in [1.82, 2.24) is 23.7 Å². The summed E-state index contributed by atoms with van der Waals surface area (Å²) in [4.78, 5) is 21.8. The van der Waals surface area contributed by atoms with Crippen LogP contribution < -0.4 is 0 Å². The van der Waals surface area contributed by atoms with E-state index < -0.39 is 10.0 Å². The van der Waals surface area contributed by atoms with Gasteiger partial charge in [-0.2, -0.15) is 4.31 Å². The largest absolute Gasteiger partial charge is 0.340 e. The molecule has 9 heteroatoms. The van der Waals surface area contributed by atoms with Crippen LogP contribution >= 0.6 is 0 Å². The average Bonchev–Trinajstić information content (AvgIpc) is 3.61. The zero-order chi connectivity index (χ0) is 22.3. The maximum atomic E-state index is 13.1. The molecule has 0 unspecified atom stereocenters. The molecule has 8 nitrogen and oxygen atoms in total. The lowest BCUT2D eigenvalue weighted by Crippen LogP contribution is -2.49. The minimum absolute atomic E-state index is 0.279. The number of carbonyl (C=O) groups excluding carboxylic acids is 1. The number of aryl methyl sites for hydroxylation is 1. The van der Waals surface area contributed by atoms with Crippen molar-refractivity contribution in [3.05, 3.63) is 24.0 Å². The first-order valence-electron chi connectivity index (χ1n) is 12.0. The Kier molecular flexibility index (Phi) is 5.98. The fourth-order valence-corrected chi connectivity index (χ4v) is 6.50.